The lowest BCUT2D eigenvalue weighted by molar-refractivity contribution is 0.620. The number of rotatable bonds is 2. The van der Waals surface area contributed by atoms with Crippen molar-refractivity contribution in [1.82, 2.24) is 9.97 Å². The Hall–Kier alpha value is -2.69. The summed E-state index contributed by atoms with van der Waals surface area (Å²) in [6.45, 7) is 0. The predicted octanol–water partition coefficient (Wildman–Crippen LogP) is 6.42. The van der Waals surface area contributed by atoms with Crippen molar-refractivity contribution in [3.63, 3.8) is 0 Å². The van der Waals surface area contributed by atoms with E-state index in [0.717, 1.165) is 37.5 Å². The summed E-state index contributed by atoms with van der Waals surface area (Å²) < 4.78 is 7.03. The second-order valence-electron chi connectivity index (χ2n) is 5.70. The Morgan fingerprint density at radius 2 is 1.56 bits per heavy atom. The first kappa shape index (κ1) is 14.6. The van der Waals surface area contributed by atoms with Gasteiger partial charge in [-0.3, -0.25) is 0 Å². The molecule has 0 saturated heterocycles. The normalized spacial score (nSPS) is 11.4. The topological polar surface area (TPSA) is 38.9 Å². The summed E-state index contributed by atoms with van der Waals surface area (Å²) in [7, 11) is 0. The van der Waals surface area contributed by atoms with Gasteiger partial charge in [0.15, 0.2) is 5.58 Å². The van der Waals surface area contributed by atoms with Gasteiger partial charge in [0.1, 0.15) is 10.5 Å². The summed E-state index contributed by atoms with van der Waals surface area (Å²) in [5, 5.41) is 1.56. The molecule has 0 N–H and O–H groups in total. The van der Waals surface area contributed by atoms with E-state index in [2.05, 4.69) is 11.1 Å². The number of hydrogen-bond donors (Lipinski definition) is 0. The number of halogens is 1. The number of benzene rings is 3. The molecular weight excluding hydrogens is 352 g/mol. The molecule has 0 aliphatic rings. The maximum absolute atomic E-state index is 6.35. The van der Waals surface area contributed by atoms with E-state index in [1.807, 2.05) is 60.7 Å². The van der Waals surface area contributed by atoms with Gasteiger partial charge < -0.3 is 4.42 Å². The molecule has 2 aromatic heterocycles. The molecule has 0 spiro atoms. The van der Waals surface area contributed by atoms with Crippen LogP contribution < -0.4 is 0 Å². The lowest BCUT2D eigenvalue weighted by Crippen LogP contribution is -1.82. The minimum Gasteiger partial charge on any atom is -0.436 e. The smallest absolute Gasteiger partial charge is 0.227 e. The van der Waals surface area contributed by atoms with Gasteiger partial charge in [0.25, 0.3) is 0 Å². The Bertz CT molecular complexity index is 1070. The number of para-hydroxylation sites is 3. The molecule has 0 radical (unpaired) electrons. The summed E-state index contributed by atoms with van der Waals surface area (Å²) in [6.07, 6.45) is 0. The van der Waals surface area contributed by atoms with E-state index in [-0.39, 0.29) is 0 Å². The Morgan fingerprint density at radius 1 is 0.800 bits per heavy atom. The number of oxazole rings is 1. The molecule has 3 nitrogen and oxygen atoms in total. The Morgan fingerprint density at radius 3 is 2.40 bits per heavy atom. The van der Waals surface area contributed by atoms with Gasteiger partial charge >= 0.3 is 0 Å². The van der Waals surface area contributed by atoms with Crippen molar-refractivity contribution < 1.29 is 4.42 Å². The lowest BCUT2D eigenvalue weighted by atomic mass is 10.1. The highest BCUT2D eigenvalue weighted by Crippen LogP contribution is 2.35. The molecule has 0 bridgehead atoms. The standard InChI is InChI=1S/C20H11ClN2OS/c21-14-10-12(19-22-15-5-1-3-7-17(15)24-19)9-13(11-14)20-23-16-6-2-4-8-18(16)25-20/h1-11H. The first-order chi connectivity index (χ1) is 12.3. The molecule has 2 heterocycles. The summed E-state index contributed by atoms with van der Waals surface area (Å²) in [4.78, 5) is 9.27. The minimum absolute atomic E-state index is 0.561. The third-order valence-electron chi connectivity index (χ3n) is 3.98. The molecule has 0 unspecified atom stereocenters. The van der Waals surface area contributed by atoms with Crippen molar-refractivity contribution >= 4 is 44.3 Å². The van der Waals surface area contributed by atoms with E-state index in [9.17, 15) is 0 Å². The van der Waals surface area contributed by atoms with Crippen LogP contribution in [0.4, 0.5) is 0 Å². The van der Waals surface area contributed by atoms with Crippen LogP contribution in [0.2, 0.25) is 5.02 Å². The Kier molecular flexibility index (Phi) is 3.33. The second kappa shape index (κ2) is 5.69. The third kappa shape index (κ3) is 2.60. The number of fused-ring (bicyclic) bond motifs is 2. The molecule has 5 rings (SSSR count). The molecule has 0 aliphatic heterocycles. The van der Waals surface area contributed by atoms with Crippen LogP contribution in [0, 0.1) is 0 Å². The summed E-state index contributed by atoms with van der Waals surface area (Å²) in [5.74, 6) is 0.561. The molecule has 0 amide bonds. The zero-order valence-electron chi connectivity index (χ0n) is 12.9. The molecule has 0 fully saturated rings. The van der Waals surface area contributed by atoms with E-state index in [4.69, 9.17) is 21.0 Å². The molecule has 5 aromatic rings. The number of aromatic nitrogens is 2. The zero-order chi connectivity index (χ0) is 16.8. The number of nitrogens with zero attached hydrogens (tertiary/aromatic N) is 2. The highest BCUT2D eigenvalue weighted by Gasteiger charge is 2.13. The Labute approximate surface area is 152 Å². The number of thiazole rings is 1. The molecule has 5 heteroatoms. The molecule has 3 aromatic carbocycles. The molecule has 120 valence electrons. The van der Waals surface area contributed by atoms with Crippen LogP contribution >= 0.6 is 22.9 Å². The fourth-order valence-electron chi connectivity index (χ4n) is 2.83. The van der Waals surface area contributed by atoms with Crippen LogP contribution in [0.1, 0.15) is 0 Å². The van der Waals surface area contributed by atoms with Crippen molar-refractivity contribution in [2.75, 3.05) is 0 Å². The van der Waals surface area contributed by atoms with Crippen molar-refractivity contribution in [2.24, 2.45) is 0 Å². The van der Waals surface area contributed by atoms with Gasteiger partial charge in [-0.15, -0.1) is 11.3 Å². The van der Waals surface area contributed by atoms with Gasteiger partial charge in [0.05, 0.1) is 10.2 Å². The lowest BCUT2D eigenvalue weighted by Gasteiger charge is -2.01. The second-order valence-corrected chi connectivity index (χ2v) is 7.17. The van der Waals surface area contributed by atoms with E-state index in [1.165, 1.54) is 0 Å². The Balaban J connectivity index is 1.66. The average Bonchev–Trinajstić information content (AvgIpc) is 3.25. The SMILES string of the molecule is Clc1cc(-c2nc3ccccc3o2)cc(-c2nc3ccccc3s2)c1. The van der Waals surface area contributed by atoms with Crippen LogP contribution in [0.5, 0.6) is 0 Å². The van der Waals surface area contributed by atoms with Crippen molar-refractivity contribution in [2.45, 2.75) is 0 Å². The van der Waals surface area contributed by atoms with Crippen molar-refractivity contribution in [3.05, 3.63) is 71.8 Å². The van der Waals surface area contributed by atoms with Crippen LogP contribution in [0.3, 0.4) is 0 Å². The van der Waals surface area contributed by atoms with E-state index < -0.39 is 0 Å². The van der Waals surface area contributed by atoms with Crippen molar-refractivity contribution in [3.8, 4) is 22.0 Å². The van der Waals surface area contributed by atoms with Gasteiger partial charge in [-0.2, -0.15) is 0 Å². The van der Waals surface area contributed by atoms with Gasteiger partial charge in [-0.25, -0.2) is 9.97 Å². The minimum atomic E-state index is 0.561. The molecule has 25 heavy (non-hydrogen) atoms. The average molecular weight is 363 g/mol. The zero-order valence-corrected chi connectivity index (χ0v) is 14.5. The monoisotopic (exact) mass is 362 g/mol. The largest absolute Gasteiger partial charge is 0.436 e. The van der Waals surface area contributed by atoms with Gasteiger partial charge in [-0.05, 0) is 42.5 Å². The van der Waals surface area contributed by atoms with Crippen LogP contribution in [0.15, 0.2) is 71.1 Å². The van der Waals surface area contributed by atoms with Gasteiger partial charge in [0.2, 0.25) is 5.89 Å². The maximum Gasteiger partial charge on any atom is 0.227 e. The molecule has 0 atom stereocenters. The molecular formula is C20H11ClN2OS. The van der Waals surface area contributed by atoms with Crippen LogP contribution in [0.25, 0.3) is 43.3 Å². The third-order valence-corrected chi connectivity index (χ3v) is 5.28. The molecule has 0 aliphatic carbocycles. The van der Waals surface area contributed by atoms with Crippen LogP contribution in [-0.4, -0.2) is 9.97 Å². The highest BCUT2D eigenvalue weighted by molar-refractivity contribution is 7.21. The van der Waals surface area contributed by atoms with Crippen LogP contribution in [-0.2, 0) is 0 Å². The van der Waals surface area contributed by atoms with E-state index >= 15 is 0 Å². The predicted molar refractivity (Wildman–Crippen MR) is 103 cm³/mol. The summed E-state index contributed by atoms with van der Waals surface area (Å²) >= 11 is 8.00. The quantitative estimate of drug-likeness (QED) is 0.363. The summed E-state index contributed by atoms with van der Waals surface area (Å²) in [6, 6.07) is 21.6. The summed E-state index contributed by atoms with van der Waals surface area (Å²) in [5.41, 5.74) is 4.40. The van der Waals surface area contributed by atoms with Gasteiger partial charge in [0, 0.05) is 16.1 Å². The fraction of sp³-hybridized carbons (Fsp3) is 0. The number of hydrogen-bond acceptors (Lipinski definition) is 4. The molecule has 0 saturated carbocycles. The maximum atomic E-state index is 6.35. The van der Waals surface area contributed by atoms with E-state index in [0.29, 0.717) is 10.9 Å². The van der Waals surface area contributed by atoms with Crippen molar-refractivity contribution in [1.29, 1.82) is 0 Å². The first-order valence-corrected chi connectivity index (χ1v) is 8.98. The fourth-order valence-corrected chi connectivity index (χ4v) is 4.02. The first-order valence-electron chi connectivity index (χ1n) is 7.79. The van der Waals surface area contributed by atoms with Gasteiger partial charge in [-0.1, -0.05) is 35.9 Å². The highest BCUT2D eigenvalue weighted by atomic mass is 35.5. The van der Waals surface area contributed by atoms with E-state index in [1.54, 1.807) is 11.3 Å².